The van der Waals surface area contributed by atoms with Crippen LogP contribution in [0.1, 0.15) is 36.5 Å². The van der Waals surface area contributed by atoms with Gasteiger partial charge < -0.3 is 10.2 Å². The van der Waals surface area contributed by atoms with Crippen LogP contribution in [-0.2, 0) is 4.79 Å². The monoisotopic (exact) mass is 402 g/mol. The van der Waals surface area contributed by atoms with E-state index >= 15 is 0 Å². The average molecular weight is 403 g/mol. The molecule has 1 aliphatic rings. The van der Waals surface area contributed by atoms with Crippen LogP contribution in [0.25, 0.3) is 0 Å². The van der Waals surface area contributed by atoms with Crippen molar-refractivity contribution >= 4 is 40.9 Å². The van der Waals surface area contributed by atoms with E-state index in [4.69, 9.17) is 11.6 Å². The van der Waals surface area contributed by atoms with E-state index in [0.717, 1.165) is 30.8 Å². The molecule has 6 heteroatoms. The van der Waals surface area contributed by atoms with Gasteiger partial charge >= 0.3 is 0 Å². The van der Waals surface area contributed by atoms with Gasteiger partial charge in [0, 0.05) is 23.0 Å². The molecule has 0 spiro atoms. The van der Waals surface area contributed by atoms with E-state index in [0.29, 0.717) is 16.3 Å². The van der Waals surface area contributed by atoms with Gasteiger partial charge in [-0.15, -0.1) is 11.8 Å². The van der Waals surface area contributed by atoms with Crippen molar-refractivity contribution in [3.05, 3.63) is 59.1 Å². The number of likely N-dealkylation sites (tertiary alicyclic amines) is 1. The van der Waals surface area contributed by atoms with E-state index in [2.05, 4.69) is 5.32 Å². The van der Waals surface area contributed by atoms with Crippen LogP contribution in [0.4, 0.5) is 5.69 Å². The van der Waals surface area contributed by atoms with Crippen LogP contribution in [0.5, 0.6) is 0 Å². The van der Waals surface area contributed by atoms with Crippen molar-refractivity contribution in [3.8, 4) is 0 Å². The molecule has 0 saturated carbocycles. The molecular weight excluding hydrogens is 380 g/mol. The molecule has 1 fully saturated rings. The molecule has 0 radical (unpaired) electrons. The maximum Gasteiger partial charge on any atom is 0.255 e. The van der Waals surface area contributed by atoms with Crippen molar-refractivity contribution in [2.24, 2.45) is 0 Å². The summed E-state index contributed by atoms with van der Waals surface area (Å²) in [5, 5.41) is 3.30. The molecule has 1 heterocycles. The van der Waals surface area contributed by atoms with Crippen molar-refractivity contribution < 1.29 is 9.59 Å². The van der Waals surface area contributed by atoms with Crippen LogP contribution in [0.15, 0.2) is 53.4 Å². The van der Waals surface area contributed by atoms with Gasteiger partial charge in [0.15, 0.2) is 0 Å². The van der Waals surface area contributed by atoms with Crippen LogP contribution in [0.2, 0.25) is 5.02 Å². The van der Waals surface area contributed by atoms with Gasteiger partial charge in [-0.2, -0.15) is 0 Å². The molecule has 2 amide bonds. The first-order chi connectivity index (χ1) is 13.0. The summed E-state index contributed by atoms with van der Waals surface area (Å²) in [7, 11) is 0. The van der Waals surface area contributed by atoms with Crippen LogP contribution >= 0.6 is 23.4 Å². The van der Waals surface area contributed by atoms with E-state index in [1.165, 1.54) is 18.2 Å². The number of hydrogen-bond donors (Lipinski definition) is 1. The third kappa shape index (κ3) is 5.27. The van der Waals surface area contributed by atoms with Gasteiger partial charge in [0.25, 0.3) is 5.91 Å². The minimum atomic E-state index is -0.302. The van der Waals surface area contributed by atoms with Crippen molar-refractivity contribution in [2.45, 2.75) is 36.3 Å². The van der Waals surface area contributed by atoms with Gasteiger partial charge in [-0.3, -0.25) is 9.59 Å². The second-order valence-electron chi connectivity index (χ2n) is 6.60. The van der Waals surface area contributed by atoms with Gasteiger partial charge in [0.05, 0.1) is 16.5 Å². The maximum absolute atomic E-state index is 12.9. The predicted molar refractivity (Wildman–Crippen MR) is 112 cm³/mol. The second kappa shape index (κ2) is 9.29. The minimum absolute atomic E-state index is 0.0105. The zero-order valence-corrected chi connectivity index (χ0v) is 16.9. The lowest BCUT2D eigenvalue weighted by Gasteiger charge is -2.27. The quantitative estimate of drug-likeness (QED) is 0.709. The van der Waals surface area contributed by atoms with Gasteiger partial charge in [-0.25, -0.2) is 0 Å². The summed E-state index contributed by atoms with van der Waals surface area (Å²) in [4.78, 5) is 28.4. The molecule has 142 valence electrons. The Hall–Kier alpha value is -1.98. The summed E-state index contributed by atoms with van der Waals surface area (Å²) >= 11 is 7.36. The number of halogens is 1. The van der Waals surface area contributed by atoms with Crippen LogP contribution in [0, 0.1) is 0 Å². The number of rotatable bonds is 5. The van der Waals surface area contributed by atoms with E-state index in [-0.39, 0.29) is 17.1 Å². The Bertz CT molecular complexity index is 804. The smallest absolute Gasteiger partial charge is 0.255 e. The Morgan fingerprint density at radius 3 is 2.41 bits per heavy atom. The normalized spacial score (nSPS) is 15.3. The summed E-state index contributed by atoms with van der Waals surface area (Å²) < 4.78 is 0. The van der Waals surface area contributed by atoms with Crippen LogP contribution in [0.3, 0.4) is 0 Å². The van der Waals surface area contributed by atoms with E-state index < -0.39 is 0 Å². The number of hydrogen-bond acceptors (Lipinski definition) is 3. The number of thioether (sulfide) groups is 1. The molecule has 1 saturated heterocycles. The van der Waals surface area contributed by atoms with Gasteiger partial charge in [-0.1, -0.05) is 23.7 Å². The zero-order valence-electron chi connectivity index (χ0n) is 15.3. The fraction of sp³-hybridized carbons (Fsp3) is 0.333. The largest absolute Gasteiger partial charge is 0.339 e. The first kappa shape index (κ1) is 19.8. The summed E-state index contributed by atoms with van der Waals surface area (Å²) in [6.45, 7) is 3.41. The molecule has 1 N–H and O–H groups in total. The summed E-state index contributed by atoms with van der Waals surface area (Å²) in [5.74, 6) is -0.141. The first-order valence-corrected chi connectivity index (χ1v) is 10.4. The minimum Gasteiger partial charge on any atom is -0.339 e. The lowest BCUT2D eigenvalue weighted by atomic mass is 10.1. The predicted octanol–water partition coefficient (Wildman–Crippen LogP) is 5.09. The highest BCUT2D eigenvalue weighted by Crippen LogP contribution is 2.26. The highest BCUT2D eigenvalue weighted by Gasteiger charge is 2.22. The van der Waals surface area contributed by atoms with Crippen molar-refractivity contribution in [3.63, 3.8) is 0 Å². The number of anilines is 1. The molecule has 1 atom stereocenters. The third-order valence-corrected chi connectivity index (χ3v) is 5.92. The van der Waals surface area contributed by atoms with Gasteiger partial charge in [0.1, 0.15) is 0 Å². The average Bonchev–Trinajstić information content (AvgIpc) is 2.70. The summed E-state index contributed by atoms with van der Waals surface area (Å²) in [6, 6.07) is 14.6. The maximum atomic E-state index is 12.9. The first-order valence-electron chi connectivity index (χ1n) is 9.16. The van der Waals surface area contributed by atoms with Crippen LogP contribution < -0.4 is 5.32 Å². The molecular formula is C21H23ClN2O2S. The van der Waals surface area contributed by atoms with E-state index in [9.17, 15) is 9.59 Å². The lowest BCUT2D eigenvalue weighted by molar-refractivity contribution is -0.115. The number of nitrogens with zero attached hydrogens (tertiary/aromatic N) is 1. The molecule has 2 aromatic rings. The highest BCUT2D eigenvalue weighted by molar-refractivity contribution is 8.00. The highest BCUT2D eigenvalue weighted by atomic mass is 35.5. The van der Waals surface area contributed by atoms with Gasteiger partial charge in [0.2, 0.25) is 5.91 Å². The molecule has 1 aliphatic heterocycles. The molecule has 0 bridgehead atoms. The fourth-order valence-corrected chi connectivity index (χ4v) is 4.04. The third-order valence-electron chi connectivity index (χ3n) is 4.55. The Balaban J connectivity index is 1.68. The fourth-order valence-electron chi connectivity index (χ4n) is 3.05. The standard InChI is InChI=1S/C21H23ClN2O2S/c1-15(27-17-11-9-16(22)10-12-17)20(25)23-19-8-4-3-7-18(19)21(26)24-13-5-2-6-14-24/h3-4,7-12,15H,2,5-6,13-14H2,1H3,(H,23,25)/t15-/m1/s1. The Morgan fingerprint density at radius 1 is 1.04 bits per heavy atom. The van der Waals surface area contributed by atoms with Crippen LogP contribution in [-0.4, -0.2) is 35.1 Å². The van der Waals surface area contributed by atoms with E-state index in [1.807, 2.05) is 36.1 Å². The summed E-state index contributed by atoms with van der Waals surface area (Å²) in [5.41, 5.74) is 1.12. The molecule has 2 aromatic carbocycles. The summed E-state index contributed by atoms with van der Waals surface area (Å²) in [6.07, 6.45) is 3.24. The molecule has 3 rings (SSSR count). The molecule has 27 heavy (non-hydrogen) atoms. The van der Waals surface area contributed by atoms with Gasteiger partial charge in [-0.05, 0) is 62.6 Å². The van der Waals surface area contributed by atoms with Crippen molar-refractivity contribution in [1.82, 2.24) is 4.90 Å². The number of carbonyl (C=O) groups is 2. The zero-order chi connectivity index (χ0) is 19.2. The number of nitrogens with one attached hydrogen (secondary N) is 1. The van der Waals surface area contributed by atoms with Crippen molar-refractivity contribution in [2.75, 3.05) is 18.4 Å². The van der Waals surface area contributed by atoms with E-state index in [1.54, 1.807) is 24.3 Å². The number of piperidine rings is 1. The number of amides is 2. The lowest BCUT2D eigenvalue weighted by Crippen LogP contribution is -2.36. The number of benzene rings is 2. The second-order valence-corrected chi connectivity index (χ2v) is 8.45. The molecule has 0 aromatic heterocycles. The molecule has 0 unspecified atom stereocenters. The Kier molecular flexibility index (Phi) is 6.80. The number of para-hydroxylation sites is 1. The molecule has 4 nitrogen and oxygen atoms in total. The topological polar surface area (TPSA) is 49.4 Å². The SMILES string of the molecule is C[C@@H](Sc1ccc(Cl)cc1)C(=O)Nc1ccccc1C(=O)N1CCCCC1. The number of carbonyl (C=O) groups excluding carboxylic acids is 2. The van der Waals surface area contributed by atoms with Crippen molar-refractivity contribution in [1.29, 1.82) is 0 Å². The molecule has 0 aliphatic carbocycles. The Labute approximate surface area is 169 Å². The Morgan fingerprint density at radius 2 is 1.70 bits per heavy atom.